The molecule has 0 atom stereocenters. The van der Waals surface area contributed by atoms with Gasteiger partial charge in [-0.15, -0.1) is 0 Å². The fraction of sp³-hybridized carbons (Fsp3) is 0.111. The van der Waals surface area contributed by atoms with Gasteiger partial charge >= 0.3 is 0 Å². The van der Waals surface area contributed by atoms with Crippen molar-refractivity contribution >= 4 is 12.0 Å². The van der Waals surface area contributed by atoms with Gasteiger partial charge in [-0.1, -0.05) is 12.2 Å². The first kappa shape index (κ1) is 7.03. The fourth-order valence-corrected chi connectivity index (χ4v) is 1.39. The van der Waals surface area contributed by atoms with E-state index in [1.54, 1.807) is 6.20 Å². The minimum absolute atomic E-state index is 0.400. The van der Waals surface area contributed by atoms with Gasteiger partial charge in [0, 0.05) is 6.20 Å². The molecule has 0 saturated heterocycles. The third-order valence-corrected chi connectivity index (χ3v) is 1.94. The monoisotopic (exact) mass is 160 g/mol. The largest absolute Gasteiger partial charge is 0.364 e. The van der Waals surface area contributed by atoms with Gasteiger partial charge in [-0.25, -0.2) is 0 Å². The summed E-state index contributed by atoms with van der Waals surface area (Å²) in [4.78, 5) is 14.8. The summed E-state index contributed by atoms with van der Waals surface area (Å²) in [5.74, 6) is -0.449. The zero-order chi connectivity index (χ0) is 8.55. The Bertz CT molecular complexity index is 369. The van der Waals surface area contributed by atoms with Crippen molar-refractivity contribution in [2.75, 3.05) is 0 Å². The number of primary amides is 1. The minimum atomic E-state index is -0.449. The lowest BCUT2D eigenvalue weighted by Gasteiger charge is -2.01. The average Bonchev–Trinajstić information content (AvgIpc) is 2.49. The van der Waals surface area contributed by atoms with Crippen LogP contribution in [-0.4, -0.2) is 10.9 Å². The van der Waals surface area contributed by atoms with Gasteiger partial charge in [0.2, 0.25) is 0 Å². The van der Waals surface area contributed by atoms with Crippen LogP contribution in [0, 0.1) is 0 Å². The lowest BCUT2D eigenvalue weighted by Crippen LogP contribution is -2.15. The van der Waals surface area contributed by atoms with E-state index < -0.39 is 5.91 Å². The van der Waals surface area contributed by atoms with Gasteiger partial charge in [0.05, 0.1) is 0 Å². The summed E-state index contributed by atoms with van der Waals surface area (Å²) in [5.41, 5.74) is 7.56. The summed E-state index contributed by atoms with van der Waals surface area (Å²) in [6.07, 6.45) is 6.35. The summed E-state index contributed by atoms with van der Waals surface area (Å²) in [5, 5.41) is 0. The Morgan fingerprint density at radius 3 is 3.17 bits per heavy atom. The third-order valence-electron chi connectivity index (χ3n) is 1.94. The van der Waals surface area contributed by atoms with E-state index in [0.29, 0.717) is 5.69 Å². The number of rotatable bonds is 1. The number of hydrogen-bond acceptors (Lipinski definition) is 2. The Hall–Kier alpha value is -1.64. The van der Waals surface area contributed by atoms with Gasteiger partial charge in [0.25, 0.3) is 5.91 Å². The molecule has 0 unspecified atom stereocenters. The van der Waals surface area contributed by atoms with E-state index in [2.05, 4.69) is 4.98 Å². The molecule has 1 aromatic rings. The topological polar surface area (TPSA) is 56.0 Å². The van der Waals surface area contributed by atoms with E-state index in [1.807, 2.05) is 18.2 Å². The summed E-state index contributed by atoms with van der Waals surface area (Å²) in [6.45, 7) is 0. The predicted molar refractivity (Wildman–Crippen MR) is 45.5 cm³/mol. The van der Waals surface area contributed by atoms with E-state index in [-0.39, 0.29) is 0 Å². The molecular weight excluding hydrogens is 152 g/mol. The van der Waals surface area contributed by atoms with Crippen LogP contribution in [0.4, 0.5) is 0 Å². The third kappa shape index (κ3) is 0.906. The number of nitrogens with two attached hydrogens (primary N) is 1. The summed E-state index contributed by atoms with van der Waals surface area (Å²) >= 11 is 0. The van der Waals surface area contributed by atoms with E-state index in [0.717, 1.165) is 17.5 Å². The highest BCUT2D eigenvalue weighted by molar-refractivity contribution is 5.93. The normalized spacial score (nSPS) is 13.0. The summed E-state index contributed by atoms with van der Waals surface area (Å²) < 4.78 is 0. The highest BCUT2D eigenvalue weighted by atomic mass is 16.1. The Labute approximate surface area is 69.9 Å². The van der Waals surface area contributed by atoms with E-state index >= 15 is 0 Å². The van der Waals surface area contributed by atoms with Crippen molar-refractivity contribution in [2.24, 2.45) is 5.73 Å². The lowest BCUT2D eigenvalue weighted by atomic mass is 10.1. The summed E-state index contributed by atoms with van der Waals surface area (Å²) in [7, 11) is 0. The molecule has 2 N–H and O–H groups in total. The smallest absolute Gasteiger partial charge is 0.267 e. The number of nitrogens with zero attached hydrogens (tertiary/aromatic N) is 1. The number of amides is 1. The maximum atomic E-state index is 10.9. The van der Waals surface area contributed by atoms with Crippen molar-refractivity contribution in [3.05, 3.63) is 35.2 Å². The van der Waals surface area contributed by atoms with Crippen LogP contribution in [0.5, 0.6) is 0 Å². The van der Waals surface area contributed by atoms with Gasteiger partial charge in [-0.05, 0) is 23.6 Å². The Balaban J connectivity index is 2.60. The van der Waals surface area contributed by atoms with Gasteiger partial charge in [0.1, 0.15) is 5.69 Å². The van der Waals surface area contributed by atoms with E-state index in [4.69, 9.17) is 5.73 Å². The first-order valence-corrected chi connectivity index (χ1v) is 3.73. The highest BCUT2D eigenvalue weighted by Crippen LogP contribution is 2.20. The quantitative estimate of drug-likeness (QED) is 0.659. The van der Waals surface area contributed by atoms with Crippen molar-refractivity contribution in [1.82, 2.24) is 4.98 Å². The molecule has 1 aliphatic rings. The first-order valence-electron chi connectivity index (χ1n) is 3.73. The zero-order valence-electron chi connectivity index (χ0n) is 6.45. The van der Waals surface area contributed by atoms with Crippen molar-refractivity contribution in [1.29, 1.82) is 0 Å². The van der Waals surface area contributed by atoms with E-state index in [1.165, 1.54) is 0 Å². The van der Waals surface area contributed by atoms with Gasteiger partial charge in [-0.3, -0.25) is 9.78 Å². The minimum Gasteiger partial charge on any atom is -0.364 e. The fourth-order valence-electron chi connectivity index (χ4n) is 1.39. The molecule has 0 radical (unpaired) electrons. The molecule has 1 aromatic heterocycles. The Morgan fingerprint density at radius 2 is 2.42 bits per heavy atom. The first-order chi connectivity index (χ1) is 5.79. The number of hydrogen-bond donors (Lipinski definition) is 1. The molecular formula is C9H8N2O. The number of aromatic nitrogens is 1. The van der Waals surface area contributed by atoms with Crippen molar-refractivity contribution in [2.45, 2.75) is 6.42 Å². The van der Waals surface area contributed by atoms with Crippen LogP contribution in [-0.2, 0) is 6.42 Å². The molecule has 60 valence electrons. The average molecular weight is 160 g/mol. The highest BCUT2D eigenvalue weighted by Gasteiger charge is 2.14. The van der Waals surface area contributed by atoms with Gasteiger partial charge in [-0.2, -0.15) is 0 Å². The summed E-state index contributed by atoms with van der Waals surface area (Å²) in [6, 6.07) is 1.88. The molecule has 0 saturated carbocycles. The molecule has 0 fully saturated rings. The maximum Gasteiger partial charge on any atom is 0.267 e. The molecule has 1 heterocycles. The second kappa shape index (κ2) is 2.44. The Morgan fingerprint density at radius 1 is 1.58 bits per heavy atom. The number of pyridine rings is 1. The van der Waals surface area contributed by atoms with Crippen LogP contribution in [0.3, 0.4) is 0 Å². The van der Waals surface area contributed by atoms with Crippen molar-refractivity contribution in [3.63, 3.8) is 0 Å². The lowest BCUT2D eigenvalue weighted by molar-refractivity contribution is 0.0995. The van der Waals surface area contributed by atoms with Crippen molar-refractivity contribution < 1.29 is 4.79 Å². The van der Waals surface area contributed by atoms with Crippen LogP contribution < -0.4 is 5.73 Å². The molecule has 2 rings (SSSR count). The molecule has 1 amide bonds. The zero-order valence-corrected chi connectivity index (χ0v) is 6.45. The second-order valence-corrected chi connectivity index (χ2v) is 2.70. The predicted octanol–water partition coefficient (Wildman–Crippen LogP) is 0.750. The Kier molecular flexibility index (Phi) is 1.43. The number of carbonyl (C=O) groups is 1. The molecule has 3 nitrogen and oxygen atoms in total. The van der Waals surface area contributed by atoms with Crippen LogP contribution in [0.1, 0.15) is 21.6 Å². The number of fused-ring (bicyclic) bond motifs is 1. The standard InChI is InChI=1S/C9H8N2O/c10-9(12)8-7-3-1-2-6(7)4-5-11-8/h1-2,4-5H,3H2,(H2,10,12). The molecule has 0 aliphatic heterocycles. The molecule has 0 spiro atoms. The second-order valence-electron chi connectivity index (χ2n) is 2.70. The number of carbonyl (C=O) groups excluding carboxylic acids is 1. The van der Waals surface area contributed by atoms with Crippen LogP contribution in [0.25, 0.3) is 6.08 Å². The molecule has 0 bridgehead atoms. The van der Waals surface area contributed by atoms with Crippen LogP contribution in [0.2, 0.25) is 0 Å². The van der Waals surface area contributed by atoms with Crippen LogP contribution in [0.15, 0.2) is 18.3 Å². The molecule has 3 heteroatoms. The van der Waals surface area contributed by atoms with Crippen LogP contribution >= 0.6 is 0 Å². The van der Waals surface area contributed by atoms with Crippen molar-refractivity contribution in [3.8, 4) is 0 Å². The van der Waals surface area contributed by atoms with E-state index in [9.17, 15) is 4.79 Å². The van der Waals surface area contributed by atoms with Gasteiger partial charge < -0.3 is 5.73 Å². The molecule has 0 aromatic carbocycles. The maximum absolute atomic E-state index is 10.9. The number of allylic oxidation sites excluding steroid dienone is 1. The SMILES string of the molecule is NC(=O)c1nccc2c1CC=C2. The van der Waals surface area contributed by atoms with Gasteiger partial charge in [0.15, 0.2) is 0 Å². The molecule has 12 heavy (non-hydrogen) atoms. The molecule has 1 aliphatic carbocycles.